The largest absolute Gasteiger partial charge is 0.508 e. The van der Waals surface area contributed by atoms with Crippen LogP contribution in [0.1, 0.15) is 0 Å². The number of fused-ring (bicyclic) bond motifs is 1. The van der Waals surface area contributed by atoms with Crippen molar-refractivity contribution in [3.05, 3.63) is 60.9 Å². The second-order valence-electron chi connectivity index (χ2n) is 6.37. The number of rotatable bonds is 7. The second kappa shape index (κ2) is 8.91. The molecule has 4 rings (SSSR count). The van der Waals surface area contributed by atoms with Gasteiger partial charge < -0.3 is 14.6 Å². The van der Waals surface area contributed by atoms with Crippen molar-refractivity contribution in [1.82, 2.24) is 25.6 Å². The molecule has 3 N–H and O–H groups in total. The average molecular weight is 418 g/mol. The highest BCUT2D eigenvalue weighted by Gasteiger charge is 2.09. The number of nitrogens with zero attached hydrogens (tertiary/aromatic N) is 4. The molecule has 31 heavy (non-hydrogen) atoms. The molecule has 10 nitrogen and oxygen atoms in total. The Morgan fingerprint density at radius 1 is 1.10 bits per heavy atom. The van der Waals surface area contributed by atoms with Crippen LogP contribution >= 0.6 is 0 Å². The summed E-state index contributed by atoms with van der Waals surface area (Å²) in [7, 11) is 1.58. The van der Waals surface area contributed by atoms with Crippen molar-refractivity contribution in [2.45, 2.75) is 0 Å². The number of ether oxygens (including phenoxy) is 2. The first-order valence-electron chi connectivity index (χ1n) is 9.22. The Bertz CT molecular complexity index is 1220. The van der Waals surface area contributed by atoms with E-state index < -0.39 is 5.91 Å². The van der Waals surface area contributed by atoms with Crippen molar-refractivity contribution in [2.75, 3.05) is 19.1 Å². The molecule has 2 aromatic heterocycles. The van der Waals surface area contributed by atoms with Gasteiger partial charge in [-0.2, -0.15) is 0 Å². The predicted octanol–water partition coefficient (Wildman–Crippen LogP) is 2.32. The third-order valence-corrected chi connectivity index (χ3v) is 4.29. The van der Waals surface area contributed by atoms with E-state index in [1.807, 2.05) is 6.07 Å². The number of aromatic nitrogens is 4. The van der Waals surface area contributed by atoms with Gasteiger partial charge in [0.05, 0.1) is 18.8 Å². The maximum atomic E-state index is 12.1. The number of nitrogens with one attached hydrogen (secondary N) is 2. The first kappa shape index (κ1) is 19.8. The van der Waals surface area contributed by atoms with Gasteiger partial charge in [0.15, 0.2) is 6.61 Å². The minimum absolute atomic E-state index is 0.110. The summed E-state index contributed by atoms with van der Waals surface area (Å²) in [5, 5.41) is 18.2. The number of methoxy groups -OCH3 is 1. The van der Waals surface area contributed by atoms with Crippen LogP contribution in [0.5, 0.6) is 17.2 Å². The third kappa shape index (κ3) is 4.75. The molecule has 1 amide bonds. The fourth-order valence-corrected chi connectivity index (χ4v) is 2.79. The minimum atomic E-state index is -0.431. The Labute approximate surface area is 176 Å². The van der Waals surface area contributed by atoms with E-state index in [4.69, 9.17) is 9.47 Å². The number of phenols is 1. The molecule has 0 aliphatic rings. The van der Waals surface area contributed by atoms with E-state index in [2.05, 4.69) is 31.0 Å². The lowest BCUT2D eigenvalue weighted by atomic mass is 10.1. The van der Waals surface area contributed by atoms with Crippen molar-refractivity contribution in [1.29, 1.82) is 0 Å². The van der Waals surface area contributed by atoms with Gasteiger partial charge >= 0.3 is 0 Å². The molecule has 10 heteroatoms. The van der Waals surface area contributed by atoms with E-state index >= 15 is 0 Å². The lowest BCUT2D eigenvalue weighted by molar-refractivity contribution is -0.122. The number of carbonyl (C=O) groups excluding carboxylic acids is 1. The Kier molecular flexibility index (Phi) is 5.70. The highest BCUT2D eigenvalue weighted by molar-refractivity contribution is 5.86. The van der Waals surface area contributed by atoms with Crippen LogP contribution in [0.15, 0.2) is 60.9 Å². The molecule has 0 spiro atoms. The monoisotopic (exact) mass is 418 g/mol. The van der Waals surface area contributed by atoms with E-state index in [0.717, 1.165) is 5.39 Å². The van der Waals surface area contributed by atoms with Crippen molar-refractivity contribution < 1.29 is 19.4 Å². The Balaban J connectivity index is 1.33. The number of pyridine rings is 1. The molecule has 2 heterocycles. The zero-order valence-electron chi connectivity index (χ0n) is 16.4. The van der Waals surface area contributed by atoms with Crippen LogP contribution in [0.3, 0.4) is 0 Å². The summed E-state index contributed by atoms with van der Waals surface area (Å²) in [5.74, 6) is 1.01. The van der Waals surface area contributed by atoms with E-state index in [9.17, 15) is 9.90 Å². The Morgan fingerprint density at radius 3 is 2.77 bits per heavy atom. The topological polar surface area (TPSA) is 131 Å². The van der Waals surface area contributed by atoms with E-state index in [1.54, 1.807) is 55.8 Å². The SMILES string of the molecule is COc1ccc2c(OCC(=O)NNc3ncc(-c4cccc(O)c4)nn3)ccnc2c1. The summed E-state index contributed by atoms with van der Waals surface area (Å²) in [6, 6.07) is 13.7. The molecule has 2 aromatic carbocycles. The summed E-state index contributed by atoms with van der Waals surface area (Å²) in [6.07, 6.45) is 3.07. The number of aromatic hydroxyl groups is 1. The Hall–Kier alpha value is -4.47. The third-order valence-electron chi connectivity index (χ3n) is 4.29. The lowest BCUT2D eigenvalue weighted by Crippen LogP contribution is -2.34. The molecule has 0 saturated carbocycles. The number of benzene rings is 2. The molecule has 0 aliphatic heterocycles. The van der Waals surface area contributed by atoms with Crippen LogP contribution in [0.4, 0.5) is 5.95 Å². The number of amides is 1. The first-order chi connectivity index (χ1) is 15.1. The first-order valence-corrected chi connectivity index (χ1v) is 9.22. The van der Waals surface area contributed by atoms with Crippen LogP contribution in [-0.4, -0.2) is 44.9 Å². The van der Waals surface area contributed by atoms with Gasteiger partial charge in [0, 0.05) is 23.2 Å². The number of hydrazine groups is 1. The number of phenolic OH excluding ortho intramolecular Hbond substituents is 1. The minimum Gasteiger partial charge on any atom is -0.508 e. The summed E-state index contributed by atoms with van der Waals surface area (Å²) < 4.78 is 10.8. The highest BCUT2D eigenvalue weighted by Crippen LogP contribution is 2.27. The molecule has 4 aromatic rings. The van der Waals surface area contributed by atoms with Gasteiger partial charge in [0.1, 0.15) is 22.9 Å². The zero-order valence-corrected chi connectivity index (χ0v) is 16.4. The normalized spacial score (nSPS) is 10.5. The van der Waals surface area contributed by atoms with Crippen LogP contribution < -0.4 is 20.3 Å². The standard InChI is InChI=1S/C21H18N6O4/c1-30-15-5-6-16-17(10-15)22-8-7-19(16)31-12-20(29)25-27-21-23-11-18(24-26-21)13-3-2-4-14(28)9-13/h2-11,28H,12H2,1H3,(H,25,29)(H,23,26,27). The predicted molar refractivity (Wildman–Crippen MR) is 112 cm³/mol. The fourth-order valence-electron chi connectivity index (χ4n) is 2.79. The van der Waals surface area contributed by atoms with Gasteiger partial charge in [-0.15, -0.1) is 10.2 Å². The summed E-state index contributed by atoms with van der Waals surface area (Å²) in [5.41, 5.74) is 6.88. The summed E-state index contributed by atoms with van der Waals surface area (Å²) in [6.45, 7) is -0.229. The van der Waals surface area contributed by atoms with E-state index in [0.29, 0.717) is 28.3 Å². The quantitative estimate of drug-likeness (QED) is 0.387. The van der Waals surface area contributed by atoms with Crippen molar-refractivity contribution in [3.63, 3.8) is 0 Å². The van der Waals surface area contributed by atoms with Gasteiger partial charge in [-0.05, 0) is 30.3 Å². The molecular weight excluding hydrogens is 400 g/mol. The molecule has 0 bridgehead atoms. The molecule has 0 radical (unpaired) electrons. The molecule has 0 fully saturated rings. The smallest absolute Gasteiger partial charge is 0.276 e. The number of hydrogen-bond donors (Lipinski definition) is 3. The Morgan fingerprint density at radius 2 is 2.00 bits per heavy atom. The van der Waals surface area contributed by atoms with Gasteiger partial charge in [-0.1, -0.05) is 12.1 Å². The molecule has 0 aliphatic carbocycles. The lowest BCUT2D eigenvalue weighted by Gasteiger charge is -2.10. The molecule has 156 valence electrons. The summed E-state index contributed by atoms with van der Waals surface area (Å²) in [4.78, 5) is 20.5. The van der Waals surface area contributed by atoms with Crippen molar-refractivity contribution >= 4 is 22.8 Å². The maximum Gasteiger partial charge on any atom is 0.276 e. The van der Waals surface area contributed by atoms with Gasteiger partial charge in [-0.3, -0.25) is 20.6 Å². The maximum absolute atomic E-state index is 12.1. The highest BCUT2D eigenvalue weighted by atomic mass is 16.5. The van der Waals surface area contributed by atoms with Crippen LogP contribution in [-0.2, 0) is 4.79 Å². The molecule has 0 unspecified atom stereocenters. The number of carbonyl (C=O) groups is 1. The number of hydrogen-bond acceptors (Lipinski definition) is 9. The average Bonchev–Trinajstić information content (AvgIpc) is 2.81. The molecule has 0 atom stereocenters. The zero-order chi connectivity index (χ0) is 21.6. The van der Waals surface area contributed by atoms with Gasteiger partial charge in [0.2, 0.25) is 0 Å². The molecule has 0 saturated heterocycles. The van der Waals surface area contributed by atoms with Gasteiger partial charge in [0.25, 0.3) is 11.9 Å². The fraction of sp³-hybridized carbons (Fsp3) is 0.0952. The van der Waals surface area contributed by atoms with Gasteiger partial charge in [-0.25, -0.2) is 4.98 Å². The number of anilines is 1. The van der Waals surface area contributed by atoms with Crippen molar-refractivity contribution in [2.24, 2.45) is 0 Å². The van der Waals surface area contributed by atoms with Crippen LogP contribution in [0.25, 0.3) is 22.2 Å². The second-order valence-corrected chi connectivity index (χ2v) is 6.37. The van der Waals surface area contributed by atoms with Crippen LogP contribution in [0.2, 0.25) is 0 Å². The van der Waals surface area contributed by atoms with E-state index in [-0.39, 0.29) is 18.3 Å². The summed E-state index contributed by atoms with van der Waals surface area (Å²) >= 11 is 0. The van der Waals surface area contributed by atoms with Crippen LogP contribution in [0, 0.1) is 0 Å². The van der Waals surface area contributed by atoms with Crippen molar-refractivity contribution in [3.8, 4) is 28.5 Å². The van der Waals surface area contributed by atoms with E-state index in [1.165, 1.54) is 6.20 Å². The molecular formula is C21H18N6O4.